The van der Waals surface area contributed by atoms with Crippen LogP contribution in [0.5, 0.6) is 0 Å². The summed E-state index contributed by atoms with van der Waals surface area (Å²) in [5.41, 5.74) is 1.14. The van der Waals surface area contributed by atoms with Gasteiger partial charge in [0.1, 0.15) is 0 Å². The molecule has 0 heterocycles. The highest BCUT2D eigenvalue weighted by Gasteiger charge is 2.09. The second-order valence-corrected chi connectivity index (χ2v) is 6.22. The first kappa shape index (κ1) is 17.4. The van der Waals surface area contributed by atoms with Crippen LogP contribution in [0, 0.1) is 5.92 Å². The molecule has 114 valence electrons. The van der Waals surface area contributed by atoms with Gasteiger partial charge in [0.2, 0.25) is 0 Å². The van der Waals surface area contributed by atoms with E-state index >= 15 is 0 Å². The first-order chi connectivity index (χ1) is 9.65. The molecule has 0 saturated heterocycles. The molecule has 0 radical (unpaired) electrons. The molecule has 1 aromatic carbocycles. The van der Waals surface area contributed by atoms with Crippen LogP contribution in [0.15, 0.2) is 30.3 Å². The van der Waals surface area contributed by atoms with Gasteiger partial charge in [0.05, 0.1) is 5.37 Å². The summed E-state index contributed by atoms with van der Waals surface area (Å²) in [6.07, 6.45) is 4.74. The summed E-state index contributed by atoms with van der Waals surface area (Å²) in [6, 6.07) is 10.8. The van der Waals surface area contributed by atoms with Crippen LogP contribution in [0.4, 0.5) is 5.69 Å². The number of rotatable bonds is 10. The number of hydrogen-bond donors (Lipinski definition) is 3. The Kier molecular flexibility index (Phi) is 8.79. The Labute approximate surface area is 130 Å². The molecule has 3 heteroatoms. The largest absolute Gasteiger partial charge is 0.374 e. The fourth-order valence-electron chi connectivity index (χ4n) is 2.25. The third kappa shape index (κ3) is 7.20. The van der Waals surface area contributed by atoms with E-state index in [1.807, 2.05) is 18.2 Å². The molecule has 0 aliphatic carbocycles. The first-order valence-corrected chi connectivity index (χ1v) is 8.40. The smallest absolute Gasteiger partial charge is 0.0693 e. The Hall–Kier alpha value is -0.670. The van der Waals surface area contributed by atoms with Crippen LogP contribution in [-0.2, 0) is 0 Å². The average molecular weight is 295 g/mol. The number of anilines is 1. The Morgan fingerprint density at radius 1 is 1.05 bits per heavy atom. The third-order valence-corrected chi connectivity index (χ3v) is 4.28. The average Bonchev–Trinajstić information content (AvgIpc) is 2.47. The van der Waals surface area contributed by atoms with E-state index in [1.165, 1.54) is 12.8 Å². The van der Waals surface area contributed by atoms with E-state index in [1.54, 1.807) is 0 Å². The van der Waals surface area contributed by atoms with Gasteiger partial charge in [0, 0.05) is 11.7 Å². The highest BCUT2D eigenvalue weighted by atomic mass is 32.1. The lowest BCUT2D eigenvalue weighted by atomic mass is 10.0. The fourth-order valence-corrected chi connectivity index (χ4v) is 2.55. The van der Waals surface area contributed by atoms with Crippen LogP contribution in [-0.4, -0.2) is 18.0 Å². The predicted molar refractivity (Wildman–Crippen MR) is 93.6 cm³/mol. The summed E-state index contributed by atoms with van der Waals surface area (Å²) in [5.74, 6) is 0.812. The maximum Gasteiger partial charge on any atom is 0.0693 e. The number of hydrogen-bond acceptors (Lipinski definition) is 3. The molecule has 20 heavy (non-hydrogen) atoms. The van der Waals surface area contributed by atoms with Crippen molar-refractivity contribution < 1.29 is 0 Å². The standard InChI is InChI=1S/C17H30N2S/c1-4-15(5-2)13-18-14(3)11-12-17(20)19-16-9-7-6-8-10-16/h6-10,14-15,17-20H,4-5,11-13H2,1-3H3. The van der Waals surface area contributed by atoms with Crippen LogP contribution in [0.25, 0.3) is 0 Å². The van der Waals surface area contributed by atoms with Crippen LogP contribution in [0.3, 0.4) is 0 Å². The molecule has 0 bridgehead atoms. The summed E-state index contributed by atoms with van der Waals surface area (Å²) >= 11 is 4.62. The molecule has 0 fully saturated rings. The van der Waals surface area contributed by atoms with Gasteiger partial charge >= 0.3 is 0 Å². The van der Waals surface area contributed by atoms with E-state index in [2.05, 4.69) is 56.2 Å². The highest BCUT2D eigenvalue weighted by molar-refractivity contribution is 7.81. The van der Waals surface area contributed by atoms with E-state index < -0.39 is 0 Å². The molecule has 0 spiro atoms. The Bertz CT molecular complexity index is 338. The molecule has 2 atom stereocenters. The van der Waals surface area contributed by atoms with Crippen molar-refractivity contribution in [1.82, 2.24) is 5.32 Å². The monoisotopic (exact) mass is 294 g/mol. The minimum absolute atomic E-state index is 0.217. The van der Waals surface area contributed by atoms with E-state index in [-0.39, 0.29) is 5.37 Å². The second kappa shape index (κ2) is 10.1. The fraction of sp³-hybridized carbons (Fsp3) is 0.647. The van der Waals surface area contributed by atoms with Gasteiger partial charge in [0.15, 0.2) is 0 Å². The zero-order valence-corrected chi connectivity index (χ0v) is 14.0. The number of benzene rings is 1. The molecular formula is C17H30N2S. The SMILES string of the molecule is CCC(CC)CNC(C)CCC(S)Nc1ccccc1. The van der Waals surface area contributed by atoms with Gasteiger partial charge in [-0.2, -0.15) is 12.6 Å². The molecule has 2 nitrogen and oxygen atoms in total. The zero-order valence-electron chi connectivity index (χ0n) is 13.1. The number of para-hydroxylation sites is 1. The van der Waals surface area contributed by atoms with E-state index in [4.69, 9.17) is 0 Å². The first-order valence-electron chi connectivity index (χ1n) is 7.88. The van der Waals surface area contributed by atoms with Crippen molar-refractivity contribution >= 4 is 18.3 Å². The lowest BCUT2D eigenvalue weighted by Crippen LogP contribution is -2.31. The van der Waals surface area contributed by atoms with Crippen molar-refractivity contribution in [1.29, 1.82) is 0 Å². The van der Waals surface area contributed by atoms with Crippen molar-refractivity contribution in [2.24, 2.45) is 5.92 Å². The van der Waals surface area contributed by atoms with Gasteiger partial charge in [-0.25, -0.2) is 0 Å². The van der Waals surface area contributed by atoms with Crippen molar-refractivity contribution in [3.63, 3.8) is 0 Å². The van der Waals surface area contributed by atoms with Gasteiger partial charge in [-0.3, -0.25) is 0 Å². The summed E-state index contributed by atoms with van der Waals surface area (Å²) < 4.78 is 0. The van der Waals surface area contributed by atoms with Crippen LogP contribution in [0.2, 0.25) is 0 Å². The van der Waals surface area contributed by atoms with Crippen LogP contribution < -0.4 is 10.6 Å². The molecule has 1 rings (SSSR count). The topological polar surface area (TPSA) is 24.1 Å². The van der Waals surface area contributed by atoms with Crippen molar-refractivity contribution in [3.05, 3.63) is 30.3 Å². The van der Waals surface area contributed by atoms with Crippen LogP contribution in [0.1, 0.15) is 46.5 Å². The maximum absolute atomic E-state index is 4.62. The molecule has 0 aliphatic rings. The summed E-state index contributed by atoms with van der Waals surface area (Å²) in [6.45, 7) is 7.95. The minimum atomic E-state index is 0.217. The van der Waals surface area contributed by atoms with E-state index in [9.17, 15) is 0 Å². The Morgan fingerprint density at radius 3 is 2.30 bits per heavy atom. The van der Waals surface area contributed by atoms with E-state index in [0.717, 1.165) is 31.0 Å². The highest BCUT2D eigenvalue weighted by Crippen LogP contribution is 2.14. The normalized spacial score (nSPS) is 14.2. The quantitative estimate of drug-likeness (QED) is 0.435. The molecular weight excluding hydrogens is 264 g/mol. The minimum Gasteiger partial charge on any atom is -0.374 e. The molecule has 0 amide bonds. The van der Waals surface area contributed by atoms with Gasteiger partial charge in [0.25, 0.3) is 0 Å². The van der Waals surface area contributed by atoms with E-state index in [0.29, 0.717) is 6.04 Å². The number of thiol groups is 1. The predicted octanol–water partition coefficient (Wildman–Crippen LogP) is 4.55. The molecule has 0 saturated carbocycles. The second-order valence-electron chi connectivity index (χ2n) is 5.60. The van der Waals surface area contributed by atoms with Crippen molar-refractivity contribution in [3.8, 4) is 0 Å². The van der Waals surface area contributed by atoms with Gasteiger partial charge < -0.3 is 10.6 Å². The molecule has 0 aromatic heterocycles. The Balaban J connectivity index is 2.18. The van der Waals surface area contributed by atoms with Gasteiger partial charge in [-0.1, -0.05) is 44.9 Å². The van der Waals surface area contributed by atoms with Crippen molar-refractivity contribution in [2.45, 2.75) is 57.9 Å². The lowest BCUT2D eigenvalue weighted by Gasteiger charge is -2.20. The summed E-state index contributed by atoms with van der Waals surface area (Å²) in [5, 5.41) is 7.28. The maximum atomic E-state index is 4.62. The molecule has 1 aromatic rings. The third-order valence-electron chi connectivity index (χ3n) is 3.89. The summed E-state index contributed by atoms with van der Waals surface area (Å²) in [7, 11) is 0. The Morgan fingerprint density at radius 2 is 1.70 bits per heavy atom. The van der Waals surface area contributed by atoms with Crippen LogP contribution >= 0.6 is 12.6 Å². The van der Waals surface area contributed by atoms with Gasteiger partial charge in [-0.05, 0) is 44.4 Å². The molecule has 2 unspecified atom stereocenters. The number of nitrogens with one attached hydrogen (secondary N) is 2. The molecule has 2 N–H and O–H groups in total. The van der Waals surface area contributed by atoms with Crippen molar-refractivity contribution in [2.75, 3.05) is 11.9 Å². The van der Waals surface area contributed by atoms with Gasteiger partial charge in [-0.15, -0.1) is 0 Å². The lowest BCUT2D eigenvalue weighted by molar-refractivity contribution is 0.404. The zero-order chi connectivity index (χ0) is 14.8. The molecule has 0 aliphatic heterocycles. The summed E-state index contributed by atoms with van der Waals surface area (Å²) in [4.78, 5) is 0.